The predicted molar refractivity (Wildman–Crippen MR) is 58.9 cm³/mol. The van der Waals surface area contributed by atoms with E-state index in [-0.39, 0.29) is 23.4 Å². The van der Waals surface area contributed by atoms with Crippen molar-refractivity contribution in [1.82, 2.24) is 10.2 Å². The van der Waals surface area contributed by atoms with Crippen LogP contribution in [0.2, 0.25) is 0 Å². The number of hydrogen-bond donors (Lipinski definition) is 2. The monoisotopic (exact) mass is 238 g/mol. The number of aromatic amines is 1. The Morgan fingerprint density at radius 1 is 1.24 bits per heavy atom. The number of aryl methyl sites for hydroxylation is 2. The average Bonchev–Trinajstić information content (AvgIpc) is 2.61. The Morgan fingerprint density at radius 3 is 2.53 bits per heavy atom. The van der Waals surface area contributed by atoms with Gasteiger partial charge in [-0.1, -0.05) is 12.1 Å². The van der Waals surface area contributed by atoms with Crippen molar-refractivity contribution in [3.8, 4) is 5.88 Å². The lowest BCUT2D eigenvalue weighted by Crippen LogP contribution is -1.98. The van der Waals surface area contributed by atoms with Gasteiger partial charge in [0, 0.05) is 17.7 Å². The summed E-state index contributed by atoms with van der Waals surface area (Å²) in [5.41, 5.74) is 1.59. The van der Waals surface area contributed by atoms with Gasteiger partial charge in [0.2, 0.25) is 5.88 Å². The van der Waals surface area contributed by atoms with Crippen LogP contribution in [-0.2, 0) is 6.42 Å². The lowest BCUT2D eigenvalue weighted by Gasteiger charge is -2.05. The summed E-state index contributed by atoms with van der Waals surface area (Å²) in [5.74, 6) is -1.89. The molecule has 0 fully saturated rings. The molecule has 0 aliphatic heterocycles. The maximum Gasteiger partial charge on any atom is 0.233 e. The van der Waals surface area contributed by atoms with Crippen LogP contribution in [0.25, 0.3) is 0 Å². The molecule has 17 heavy (non-hydrogen) atoms. The second kappa shape index (κ2) is 4.16. The summed E-state index contributed by atoms with van der Waals surface area (Å²) in [6.45, 7) is 3.22. The quantitative estimate of drug-likeness (QED) is 0.844. The number of benzene rings is 1. The van der Waals surface area contributed by atoms with Crippen LogP contribution in [0.1, 0.15) is 22.4 Å². The van der Waals surface area contributed by atoms with Crippen molar-refractivity contribution >= 4 is 0 Å². The average molecular weight is 238 g/mol. The molecule has 0 saturated heterocycles. The molecule has 0 aliphatic carbocycles. The van der Waals surface area contributed by atoms with Crippen LogP contribution in [0.15, 0.2) is 12.1 Å². The van der Waals surface area contributed by atoms with E-state index in [0.29, 0.717) is 11.3 Å². The number of H-pyrrole nitrogens is 1. The molecule has 1 heterocycles. The summed E-state index contributed by atoms with van der Waals surface area (Å²) in [6, 6.07) is 3.03. The van der Waals surface area contributed by atoms with Gasteiger partial charge in [0.15, 0.2) is 11.6 Å². The Kier molecular flexibility index (Phi) is 2.83. The minimum absolute atomic E-state index is 0.108. The number of aromatic nitrogens is 2. The molecule has 2 rings (SSSR count). The van der Waals surface area contributed by atoms with Gasteiger partial charge < -0.3 is 5.11 Å². The maximum atomic E-state index is 13.6. The van der Waals surface area contributed by atoms with E-state index in [0.717, 1.165) is 0 Å². The van der Waals surface area contributed by atoms with E-state index < -0.39 is 11.6 Å². The third kappa shape index (κ3) is 2.00. The Hall–Kier alpha value is -1.91. The third-order valence-corrected chi connectivity index (χ3v) is 2.77. The van der Waals surface area contributed by atoms with Crippen LogP contribution in [0.3, 0.4) is 0 Å². The number of aromatic hydroxyl groups is 1. The summed E-state index contributed by atoms with van der Waals surface area (Å²) >= 11 is 0. The molecule has 1 aromatic carbocycles. The summed E-state index contributed by atoms with van der Waals surface area (Å²) in [5, 5.41) is 15.6. The fourth-order valence-corrected chi connectivity index (χ4v) is 1.66. The summed E-state index contributed by atoms with van der Waals surface area (Å²) in [4.78, 5) is 0. The van der Waals surface area contributed by atoms with E-state index in [4.69, 9.17) is 0 Å². The number of nitrogens with zero attached hydrogens (tertiary/aromatic N) is 1. The molecule has 0 radical (unpaired) electrons. The lowest BCUT2D eigenvalue weighted by atomic mass is 10.0. The van der Waals surface area contributed by atoms with Gasteiger partial charge in [-0.25, -0.2) is 8.78 Å². The standard InChI is InChI=1S/C12H12F2N2O/c1-6-3-4-8(11(14)10(6)13)5-9-7(2)15-16-12(9)17/h3-4H,5H2,1-2H3,(H2,15,16,17). The minimum Gasteiger partial charge on any atom is -0.492 e. The van der Waals surface area contributed by atoms with E-state index >= 15 is 0 Å². The molecule has 90 valence electrons. The largest absolute Gasteiger partial charge is 0.492 e. The van der Waals surface area contributed by atoms with Crippen molar-refractivity contribution in [3.63, 3.8) is 0 Å². The fraction of sp³-hybridized carbons (Fsp3) is 0.250. The minimum atomic E-state index is -0.870. The van der Waals surface area contributed by atoms with Gasteiger partial charge in [-0.15, -0.1) is 5.10 Å². The molecule has 5 heteroatoms. The number of nitrogens with one attached hydrogen (secondary N) is 1. The third-order valence-electron chi connectivity index (χ3n) is 2.77. The molecule has 0 atom stereocenters. The summed E-state index contributed by atoms with van der Waals surface area (Å²) < 4.78 is 27.0. The Labute approximate surface area is 97.1 Å². The zero-order valence-corrected chi connectivity index (χ0v) is 9.51. The summed E-state index contributed by atoms with van der Waals surface area (Å²) in [6.07, 6.45) is 0.108. The Balaban J connectivity index is 2.41. The lowest BCUT2D eigenvalue weighted by molar-refractivity contribution is 0.446. The zero-order valence-electron chi connectivity index (χ0n) is 9.51. The molecule has 0 spiro atoms. The first kappa shape index (κ1) is 11.6. The molecular weight excluding hydrogens is 226 g/mol. The molecular formula is C12H12F2N2O. The van der Waals surface area contributed by atoms with Gasteiger partial charge in [-0.2, -0.15) is 0 Å². The first-order valence-corrected chi connectivity index (χ1v) is 5.17. The van der Waals surface area contributed by atoms with Gasteiger partial charge >= 0.3 is 0 Å². The molecule has 2 aromatic rings. The highest BCUT2D eigenvalue weighted by Gasteiger charge is 2.15. The fourth-order valence-electron chi connectivity index (χ4n) is 1.66. The van der Waals surface area contributed by atoms with Crippen LogP contribution >= 0.6 is 0 Å². The van der Waals surface area contributed by atoms with Crippen LogP contribution < -0.4 is 0 Å². The van der Waals surface area contributed by atoms with E-state index in [9.17, 15) is 13.9 Å². The Morgan fingerprint density at radius 2 is 1.94 bits per heavy atom. The first-order chi connectivity index (χ1) is 8.00. The summed E-state index contributed by atoms with van der Waals surface area (Å²) in [7, 11) is 0. The van der Waals surface area contributed by atoms with Crippen LogP contribution in [-0.4, -0.2) is 15.3 Å². The SMILES string of the molecule is Cc1ccc(Cc2c(O)n[nH]c2C)c(F)c1F. The zero-order chi connectivity index (χ0) is 12.6. The van der Waals surface area contributed by atoms with Gasteiger partial charge in [0.25, 0.3) is 0 Å². The molecule has 2 N–H and O–H groups in total. The van der Waals surface area contributed by atoms with Gasteiger partial charge in [0.1, 0.15) is 0 Å². The highest BCUT2D eigenvalue weighted by Crippen LogP contribution is 2.24. The van der Waals surface area contributed by atoms with Crippen LogP contribution in [0.4, 0.5) is 8.78 Å². The molecule has 0 bridgehead atoms. The van der Waals surface area contributed by atoms with Crippen molar-refractivity contribution in [2.45, 2.75) is 20.3 Å². The predicted octanol–water partition coefficient (Wildman–Crippen LogP) is 2.60. The van der Waals surface area contributed by atoms with Gasteiger partial charge in [-0.05, 0) is 25.0 Å². The van der Waals surface area contributed by atoms with Crippen LogP contribution in [0.5, 0.6) is 5.88 Å². The van der Waals surface area contributed by atoms with E-state index in [1.54, 1.807) is 6.92 Å². The molecule has 0 amide bonds. The van der Waals surface area contributed by atoms with Crippen molar-refractivity contribution in [2.75, 3.05) is 0 Å². The number of rotatable bonds is 2. The second-order valence-electron chi connectivity index (χ2n) is 4.00. The first-order valence-electron chi connectivity index (χ1n) is 5.17. The smallest absolute Gasteiger partial charge is 0.233 e. The van der Waals surface area contributed by atoms with Gasteiger partial charge in [-0.3, -0.25) is 5.10 Å². The van der Waals surface area contributed by atoms with Gasteiger partial charge in [0.05, 0.1) is 0 Å². The molecule has 0 aliphatic rings. The highest BCUT2D eigenvalue weighted by molar-refractivity contribution is 5.36. The van der Waals surface area contributed by atoms with Crippen molar-refractivity contribution < 1.29 is 13.9 Å². The second-order valence-corrected chi connectivity index (χ2v) is 4.00. The normalized spacial score (nSPS) is 10.8. The van der Waals surface area contributed by atoms with Crippen molar-refractivity contribution in [2.24, 2.45) is 0 Å². The van der Waals surface area contributed by atoms with E-state index in [2.05, 4.69) is 10.2 Å². The van der Waals surface area contributed by atoms with E-state index in [1.165, 1.54) is 19.1 Å². The molecule has 1 aromatic heterocycles. The maximum absolute atomic E-state index is 13.6. The topological polar surface area (TPSA) is 48.9 Å². The highest BCUT2D eigenvalue weighted by atomic mass is 19.2. The van der Waals surface area contributed by atoms with E-state index in [1.807, 2.05) is 0 Å². The molecule has 3 nitrogen and oxygen atoms in total. The number of halogens is 2. The number of hydrogen-bond acceptors (Lipinski definition) is 2. The van der Waals surface area contributed by atoms with Crippen molar-refractivity contribution in [1.29, 1.82) is 0 Å². The molecule has 0 saturated carbocycles. The molecule has 0 unspecified atom stereocenters. The van der Waals surface area contributed by atoms with Crippen LogP contribution in [0, 0.1) is 25.5 Å². The Bertz CT molecular complexity index is 544. The van der Waals surface area contributed by atoms with Crippen molar-refractivity contribution in [3.05, 3.63) is 46.2 Å².